The molecule has 1 aromatic carbocycles. The van der Waals surface area contributed by atoms with Crippen LogP contribution < -0.4 is 0 Å². The summed E-state index contributed by atoms with van der Waals surface area (Å²) in [5.74, 6) is -0.982. The predicted molar refractivity (Wildman–Crippen MR) is 77.7 cm³/mol. The molecule has 0 radical (unpaired) electrons. The van der Waals surface area contributed by atoms with E-state index in [1.807, 2.05) is 30.3 Å². The average Bonchev–Trinajstić information content (AvgIpc) is 2.97. The largest absolute Gasteiger partial charge is 0.480 e. The van der Waals surface area contributed by atoms with Crippen molar-refractivity contribution in [2.24, 2.45) is 0 Å². The van der Waals surface area contributed by atoms with Crippen molar-refractivity contribution in [3.63, 3.8) is 0 Å². The number of carboxylic acid groups (broad SMARTS) is 1. The lowest BCUT2D eigenvalue weighted by Gasteiger charge is -2.21. The number of hydrogen-bond acceptors (Lipinski definition) is 3. The third-order valence-electron chi connectivity index (χ3n) is 3.65. The van der Waals surface area contributed by atoms with Crippen LogP contribution in [0.15, 0.2) is 30.3 Å². The molecule has 1 aliphatic rings. The molecule has 1 amide bonds. The van der Waals surface area contributed by atoms with E-state index in [0.29, 0.717) is 39.0 Å². The van der Waals surface area contributed by atoms with Crippen molar-refractivity contribution in [2.45, 2.75) is 38.3 Å². The molecule has 1 fully saturated rings. The van der Waals surface area contributed by atoms with Crippen LogP contribution in [0.5, 0.6) is 0 Å². The Morgan fingerprint density at radius 3 is 2.76 bits per heavy atom. The van der Waals surface area contributed by atoms with Gasteiger partial charge in [-0.1, -0.05) is 30.3 Å². The van der Waals surface area contributed by atoms with Gasteiger partial charge in [-0.15, -0.1) is 0 Å². The average molecular weight is 291 g/mol. The second-order valence-corrected chi connectivity index (χ2v) is 5.23. The van der Waals surface area contributed by atoms with Crippen molar-refractivity contribution in [3.8, 4) is 0 Å². The predicted octanol–water partition coefficient (Wildman–Crippen LogP) is 2.06. The Morgan fingerprint density at radius 1 is 1.29 bits per heavy atom. The number of rotatable bonds is 7. The van der Waals surface area contributed by atoms with E-state index in [1.165, 1.54) is 4.90 Å². The van der Waals surface area contributed by atoms with E-state index in [0.717, 1.165) is 12.0 Å². The minimum absolute atomic E-state index is 0.0804. The maximum absolute atomic E-state index is 12.0. The molecule has 5 heteroatoms. The van der Waals surface area contributed by atoms with Gasteiger partial charge >= 0.3 is 5.97 Å². The molecule has 0 aromatic heterocycles. The zero-order valence-electron chi connectivity index (χ0n) is 12.0. The number of ether oxygens (including phenoxy) is 1. The first kappa shape index (κ1) is 15.5. The Balaban J connectivity index is 1.64. The molecule has 1 heterocycles. The molecular formula is C16H21NO4. The molecule has 1 N–H and O–H groups in total. The fourth-order valence-electron chi connectivity index (χ4n) is 2.56. The Labute approximate surface area is 124 Å². The fraction of sp³-hybridized carbons (Fsp3) is 0.500. The molecule has 21 heavy (non-hydrogen) atoms. The summed E-state index contributed by atoms with van der Waals surface area (Å²) in [4.78, 5) is 24.5. The van der Waals surface area contributed by atoms with E-state index in [4.69, 9.17) is 9.84 Å². The molecule has 0 aliphatic carbocycles. The molecule has 1 aromatic rings. The third kappa shape index (κ3) is 4.56. The molecule has 5 nitrogen and oxygen atoms in total. The maximum atomic E-state index is 12.0. The van der Waals surface area contributed by atoms with Crippen LogP contribution in [0.25, 0.3) is 0 Å². The van der Waals surface area contributed by atoms with Crippen LogP contribution in [-0.2, 0) is 20.9 Å². The fourth-order valence-corrected chi connectivity index (χ4v) is 2.56. The minimum Gasteiger partial charge on any atom is -0.480 e. The van der Waals surface area contributed by atoms with Gasteiger partial charge < -0.3 is 14.7 Å². The third-order valence-corrected chi connectivity index (χ3v) is 3.65. The summed E-state index contributed by atoms with van der Waals surface area (Å²) in [6.45, 7) is 1.60. The quantitative estimate of drug-likeness (QED) is 0.781. The van der Waals surface area contributed by atoms with E-state index >= 15 is 0 Å². The van der Waals surface area contributed by atoms with Crippen LogP contribution in [0.4, 0.5) is 0 Å². The number of likely N-dealkylation sites (tertiary alicyclic amines) is 1. The van der Waals surface area contributed by atoms with Gasteiger partial charge in [0.05, 0.1) is 6.61 Å². The number of nitrogens with zero attached hydrogens (tertiary/aromatic N) is 1. The van der Waals surface area contributed by atoms with E-state index < -0.39 is 12.0 Å². The number of carboxylic acids is 1. The normalized spacial score (nSPS) is 17.9. The molecule has 0 spiro atoms. The van der Waals surface area contributed by atoms with Gasteiger partial charge in [-0.25, -0.2) is 4.79 Å². The summed E-state index contributed by atoms with van der Waals surface area (Å²) in [7, 11) is 0. The van der Waals surface area contributed by atoms with Gasteiger partial charge in [0.25, 0.3) is 0 Å². The number of amides is 1. The highest BCUT2D eigenvalue weighted by molar-refractivity contribution is 5.84. The molecule has 0 saturated carbocycles. The van der Waals surface area contributed by atoms with Gasteiger partial charge in [0, 0.05) is 19.6 Å². The SMILES string of the molecule is O=C(O)[C@@H]1CCCN1C(=O)CCCOCc1ccccc1. The highest BCUT2D eigenvalue weighted by Gasteiger charge is 2.33. The molecule has 1 atom stereocenters. The molecule has 2 rings (SSSR count). The Morgan fingerprint density at radius 2 is 2.05 bits per heavy atom. The van der Waals surface area contributed by atoms with Gasteiger partial charge in [-0.05, 0) is 24.8 Å². The topological polar surface area (TPSA) is 66.8 Å². The van der Waals surface area contributed by atoms with Crippen LogP contribution >= 0.6 is 0 Å². The van der Waals surface area contributed by atoms with Crippen LogP contribution in [0.3, 0.4) is 0 Å². The first-order valence-corrected chi connectivity index (χ1v) is 7.32. The molecular weight excluding hydrogens is 270 g/mol. The van der Waals surface area contributed by atoms with Gasteiger partial charge in [-0.3, -0.25) is 4.79 Å². The zero-order valence-corrected chi connectivity index (χ0v) is 12.0. The van der Waals surface area contributed by atoms with Crippen molar-refractivity contribution < 1.29 is 19.4 Å². The molecule has 1 aliphatic heterocycles. The summed E-state index contributed by atoms with van der Waals surface area (Å²) in [5.41, 5.74) is 1.11. The van der Waals surface area contributed by atoms with Crippen molar-refractivity contribution in [2.75, 3.05) is 13.2 Å². The highest BCUT2D eigenvalue weighted by Crippen LogP contribution is 2.18. The monoisotopic (exact) mass is 291 g/mol. The number of aliphatic carboxylic acids is 1. The van der Waals surface area contributed by atoms with Crippen molar-refractivity contribution in [3.05, 3.63) is 35.9 Å². The Kier molecular flexibility index (Phi) is 5.75. The summed E-state index contributed by atoms with van der Waals surface area (Å²) >= 11 is 0. The first-order valence-electron chi connectivity index (χ1n) is 7.32. The summed E-state index contributed by atoms with van der Waals surface area (Å²) < 4.78 is 5.52. The minimum atomic E-state index is -0.902. The summed E-state index contributed by atoms with van der Waals surface area (Å²) in [6.07, 6.45) is 2.30. The van der Waals surface area contributed by atoms with Gasteiger partial charge in [-0.2, -0.15) is 0 Å². The van der Waals surface area contributed by atoms with E-state index in [2.05, 4.69) is 0 Å². The van der Waals surface area contributed by atoms with E-state index in [9.17, 15) is 9.59 Å². The second kappa shape index (κ2) is 7.78. The van der Waals surface area contributed by atoms with Crippen LogP contribution in [0.1, 0.15) is 31.2 Å². The van der Waals surface area contributed by atoms with E-state index in [-0.39, 0.29) is 5.91 Å². The smallest absolute Gasteiger partial charge is 0.326 e. The molecule has 114 valence electrons. The molecule has 1 saturated heterocycles. The van der Waals surface area contributed by atoms with Crippen LogP contribution in [0.2, 0.25) is 0 Å². The van der Waals surface area contributed by atoms with Crippen LogP contribution in [0, 0.1) is 0 Å². The van der Waals surface area contributed by atoms with Crippen molar-refractivity contribution in [1.29, 1.82) is 0 Å². The lowest BCUT2D eigenvalue weighted by molar-refractivity contribution is -0.148. The zero-order chi connectivity index (χ0) is 15.1. The summed E-state index contributed by atoms with van der Waals surface area (Å²) in [6, 6.07) is 9.22. The maximum Gasteiger partial charge on any atom is 0.326 e. The summed E-state index contributed by atoms with van der Waals surface area (Å²) in [5, 5.41) is 9.05. The highest BCUT2D eigenvalue weighted by atomic mass is 16.5. The Bertz CT molecular complexity index is 474. The number of hydrogen-bond donors (Lipinski definition) is 1. The lowest BCUT2D eigenvalue weighted by Crippen LogP contribution is -2.40. The lowest BCUT2D eigenvalue weighted by atomic mass is 10.2. The second-order valence-electron chi connectivity index (χ2n) is 5.23. The Hall–Kier alpha value is -1.88. The van der Waals surface area contributed by atoms with Gasteiger partial charge in [0.15, 0.2) is 0 Å². The van der Waals surface area contributed by atoms with Crippen LogP contribution in [-0.4, -0.2) is 41.1 Å². The number of carbonyl (C=O) groups excluding carboxylic acids is 1. The van der Waals surface area contributed by atoms with Crippen molar-refractivity contribution >= 4 is 11.9 Å². The molecule has 0 bridgehead atoms. The van der Waals surface area contributed by atoms with Crippen molar-refractivity contribution in [1.82, 2.24) is 4.90 Å². The van der Waals surface area contributed by atoms with Gasteiger partial charge in [0.2, 0.25) is 5.91 Å². The van der Waals surface area contributed by atoms with E-state index in [1.54, 1.807) is 0 Å². The first-order chi connectivity index (χ1) is 10.2. The standard InChI is InChI=1S/C16H21NO4/c18-15(17-10-4-8-14(17)16(19)20)9-5-11-21-12-13-6-2-1-3-7-13/h1-3,6-7,14H,4-5,8-12H2,(H,19,20)/t14-/m0/s1. The van der Waals surface area contributed by atoms with Gasteiger partial charge in [0.1, 0.15) is 6.04 Å². The molecule has 0 unspecified atom stereocenters. The number of benzene rings is 1. The number of carbonyl (C=O) groups is 2.